The Balaban J connectivity index is 1.84. The van der Waals surface area contributed by atoms with Crippen LogP contribution in [0.2, 0.25) is 0 Å². The Bertz CT molecular complexity index is 1010. The minimum atomic E-state index is -0.793. The van der Waals surface area contributed by atoms with Crippen LogP contribution in [0.25, 0.3) is 11.1 Å². The van der Waals surface area contributed by atoms with Crippen LogP contribution in [0.4, 0.5) is 4.39 Å². The quantitative estimate of drug-likeness (QED) is 0.535. The number of aliphatic hydroxyl groups excluding tert-OH is 1. The van der Waals surface area contributed by atoms with Gasteiger partial charge in [-0.15, -0.1) is 0 Å². The summed E-state index contributed by atoms with van der Waals surface area (Å²) in [5.41, 5.74) is 3.06. The van der Waals surface area contributed by atoms with Crippen LogP contribution in [0.5, 0.6) is 5.88 Å². The standard InChI is InChI=1S/C22H19BrFNO3/c1-13(26)18-8-7-17(23)9-16(18)10-21(27)15-5-3-14(4-6-15)19-11-22(28-2)25-12-20(19)24/h3-9,11-12,21,27H,10H2,1-2H3. The highest BCUT2D eigenvalue weighted by molar-refractivity contribution is 9.10. The van der Waals surface area contributed by atoms with E-state index in [1.807, 2.05) is 6.07 Å². The molecule has 1 aromatic heterocycles. The Morgan fingerprint density at radius 1 is 1.21 bits per heavy atom. The molecule has 1 N–H and O–H groups in total. The number of benzene rings is 2. The molecule has 0 saturated carbocycles. The van der Waals surface area contributed by atoms with Crippen molar-refractivity contribution in [3.63, 3.8) is 0 Å². The number of carbonyl (C=O) groups is 1. The minimum absolute atomic E-state index is 0.0489. The molecule has 3 aromatic rings. The molecule has 2 aromatic carbocycles. The summed E-state index contributed by atoms with van der Waals surface area (Å²) in [7, 11) is 1.47. The molecule has 1 atom stereocenters. The molecule has 0 aliphatic rings. The minimum Gasteiger partial charge on any atom is -0.481 e. The van der Waals surface area contributed by atoms with Gasteiger partial charge in [0.25, 0.3) is 0 Å². The molecule has 0 aliphatic heterocycles. The maximum absolute atomic E-state index is 14.1. The fourth-order valence-corrected chi connectivity index (χ4v) is 3.45. The number of ether oxygens (including phenoxy) is 1. The summed E-state index contributed by atoms with van der Waals surface area (Å²) in [4.78, 5) is 15.7. The molecule has 0 fully saturated rings. The highest BCUT2D eigenvalue weighted by atomic mass is 79.9. The summed E-state index contributed by atoms with van der Waals surface area (Å²) in [6.07, 6.45) is 0.622. The third kappa shape index (κ3) is 4.46. The molecule has 0 aliphatic carbocycles. The summed E-state index contributed by atoms with van der Waals surface area (Å²) in [6.45, 7) is 1.51. The monoisotopic (exact) mass is 443 g/mol. The number of rotatable bonds is 6. The van der Waals surface area contributed by atoms with Crippen LogP contribution in [-0.4, -0.2) is 23.0 Å². The maximum Gasteiger partial charge on any atom is 0.213 e. The number of hydrogen-bond acceptors (Lipinski definition) is 4. The van der Waals surface area contributed by atoms with Gasteiger partial charge in [0, 0.05) is 28.1 Å². The van der Waals surface area contributed by atoms with Crippen molar-refractivity contribution >= 4 is 21.7 Å². The van der Waals surface area contributed by atoms with Gasteiger partial charge in [-0.1, -0.05) is 46.3 Å². The number of aromatic nitrogens is 1. The van der Waals surface area contributed by atoms with Crippen molar-refractivity contribution in [2.24, 2.45) is 0 Å². The Morgan fingerprint density at radius 3 is 2.57 bits per heavy atom. The van der Waals surface area contributed by atoms with Crippen LogP contribution >= 0.6 is 15.9 Å². The molecule has 144 valence electrons. The molecule has 0 bridgehead atoms. The van der Waals surface area contributed by atoms with Crippen LogP contribution < -0.4 is 4.74 Å². The van der Waals surface area contributed by atoms with Gasteiger partial charge in [-0.25, -0.2) is 9.37 Å². The summed E-state index contributed by atoms with van der Waals surface area (Å²) < 4.78 is 20.0. The van der Waals surface area contributed by atoms with Gasteiger partial charge in [0.2, 0.25) is 5.88 Å². The zero-order valence-electron chi connectivity index (χ0n) is 15.4. The van der Waals surface area contributed by atoms with E-state index in [1.165, 1.54) is 20.1 Å². The molecule has 28 heavy (non-hydrogen) atoms. The van der Waals surface area contributed by atoms with Crippen molar-refractivity contribution < 1.29 is 19.0 Å². The van der Waals surface area contributed by atoms with Gasteiger partial charge in [0.15, 0.2) is 5.78 Å². The molecular formula is C22H19BrFNO3. The van der Waals surface area contributed by atoms with E-state index in [0.717, 1.165) is 16.2 Å². The molecule has 0 spiro atoms. The van der Waals surface area contributed by atoms with Crippen LogP contribution in [0, 0.1) is 5.82 Å². The predicted octanol–water partition coefficient (Wildman–Crippen LogP) is 5.14. The van der Waals surface area contributed by atoms with E-state index in [9.17, 15) is 14.3 Å². The average Bonchev–Trinajstić information content (AvgIpc) is 2.68. The predicted molar refractivity (Wildman–Crippen MR) is 109 cm³/mol. The fraction of sp³-hybridized carbons (Fsp3) is 0.182. The molecule has 3 rings (SSSR count). The second kappa shape index (κ2) is 8.63. The number of nitrogens with zero attached hydrogens (tertiary/aromatic N) is 1. The van der Waals surface area contributed by atoms with Gasteiger partial charge >= 0.3 is 0 Å². The van der Waals surface area contributed by atoms with Gasteiger partial charge in [-0.05, 0) is 35.7 Å². The lowest BCUT2D eigenvalue weighted by Crippen LogP contribution is -2.06. The van der Waals surface area contributed by atoms with E-state index < -0.39 is 11.9 Å². The lowest BCUT2D eigenvalue weighted by atomic mass is 9.95. The average molecular weight is 444 g/mol. The molecule has 1 unspecified atom stereocenters. The van der Waals surface area contributed by atoms with E-state index in [-0.39, 0.29) is 5.78 Å². The largest absolute Gasteiger partial charge is 0.481 e. The number of pyridine rings is 1. The van der Waals surface area contributed by atoms with Crippen molar-refractivity contribution in [1.29, 1.82) is 0 Å². The Labute approximate surface area is 171 Å². The smallest absolute Gasteiger partial charge is 0.213 e. The van der Waals surface area contributed by atoms with E-state index in [2.05, 4.69) is 20.9 Å². The molecule has 0 amide bonds. The van der Waals surface area contributed by atoms with E-state index >= 15 is 0 Å². The molecule has 1 heterocycles. The highest BCUT2D eigenvalue weighted by Gasteiger charge is 2.15. The van der Waals surface area contributed by atoms with E-state index in [4.69, 9.17) is 4.74 Å². The normalized spacial score (nSPS) is 11.9. The first kappa shape index (κ1) is 20.2. The maximum atomic E-state index is 14.1. The number of aliphatic hydroxyl groups is 1. The third-order valence-electron chi connectivity index (χ3n) is 4.51. The molecule has 6 heteroatoms. The first-order valence-electron chi connectivity index (χ1n) is 8.66. The third-order valence-corrected chi connectivity index (χ3v) is 5.00. The van der Waals surface area contributed by atoms with Crippen molar-refractivity contribution in [3.8, 4) is 17.0 Å². The van der Waals surface area contributed by atoms with Gasteiger partial charge < -0.3 is 9.84 Å². The number of ketones is 1. The topological polar surface area (TPSA) is 59.4 Å². The fourth-order valence-electron chi connectivity index (χ4n) is 3.04. The number of halogens is 2. The summed E-state index contributed by atoms with van der Waals surface area (Å²) >= 11 is 3.40. The van der Waals surface area contributed by atoms with Gasteiger partial charge in [-0.3, -0.25) is 4.79 Å². The van der Waals surface area contributed by atoms with Crippen molar-refractivity contribution in [2.75, 3.05) is 7.11 Å². The second-order valence-electron chi connectivity index (χ2n) is 6.41. The van der Waals surface area contributed by atoms with Crippen molar-refractivity contribution in [3.05, 3.63) is 81.7 Å². The van der Waals surface area contributed by atoms with E-state index in [1.54, 1.807) is 36.4 Å². The number of hydrogen-bond donors (Lipinski definition) is 1. The Kier molecular flexibility index (Phi) is 6.21. The summed E-state index contributed by atoms with van der Waals surface area (Å²) in [5, 5.41) is 10.6. The van der Waals surface area contributed by atoms with Crippen LogP contribution in [-0.2, 0) is 6.42 Å². The lowest BCUT2D eigenvalue weighted by molar-refractivity contribution is 0.101. The van der Waals surface area contributed by atoms with Crippen molar-refractivity contribution in [2.45, 2.75) is 19.4 Å². The molecule has 0 radical (unpaired) electrons. The van der Waals surface area contributed by atoms with Crippen molar-refractivity contribution in [1.82, 2.24) is 4.98 Å². The van der Waals surface area contributed by atoms with E-state index in [0.29, 0.717) is 34.6 Å². The number of carbonyl (C=O) groups excluding carboxylic acids is 1. The number of Topliss-reactive ketones (excluding diaryl/α,β-unsaturated/α-hetero) is 1. The van der Waals surface area contributed by atoms with Crippen LogP contribution in [0.15, 0.2) is 59.2 Å². The summed E-state index contributed by atoms with van der Waals surface area (Å²) in [6, 6.07) is 13.9. The SMILES string of the molecule is COc1cc(-c2ccc(C(O)Cc3cc(Br)ccc3C(C)=O)cc2)c(F)cn1. The number of methoxy groups -OCH3 is 1. The highest BCUT2D eigenvalue weighted by Crippen LogP contribution is 2.28. The first-order chi connectivity index (χ1) is 13.4. The van der Waals surface area contributed by atoms with Crippen LogP contribution in [0.3, 0.4) is 0 Å². The van der Waals surface area contributed by atoms with Crippen LogP contribution in [0.1, 0.15) is 34.5 Å². The van der Waals surface area contributed by atoms with Gasteiger partial charge in [-0.2, -0.15) is 0 Å². The first-order valence-corrected chi connectivity index (χ1v) is 9.45. The van der Waals surface area contributed by atoms with Gasteiger partial charge in [0.1, 0.15) is 5.82 Å². The zero-order valence-corrected chi connectivity index (χ0v) is 17.0. The summed E-state index contributed by atoms with van der Waals surface area (Å²) in [5.74, 6) is -0.173. The molecular weight excluding hydrogens is 425 g/mol. The zero-order chi connectivity index (χ0) is 20.3. The second-order valence-corrected chi connectivity index (χ2v) is 7.32. The Morgan fingerprint density at radius 2 is 1.93 bits per heavy atom. The molecule has 4 nitrogen and oxygen atoms in total. The van der Waals surface area contributed by atoms with Gasteiger partial charge in [0.05, 0.1) is 19.4 Å². The molecule has 0 saturated heterocycles. The lowest BCUT2D eigenvalue weighted by Gasteiger charge is -2.15. The Hall–Kier alpha value is -2.57.